The van der Waals surface area contributed by atoms with Gasteiger partial charge in [-0.05, 0) is 6.07 Å². The van der Waals surface area contributed by atoms with Crippen molar-refractivity contribution in [3.63, 3.8) is 0 Å². The molecule has 108 valence electrons. The van der Waals surface area contributed by atoms with E-state index in [1.807, 2.05) is 0 Å². The van der Waals surface area contributed by atoms with Gasteiger partial charge < -0.3 is 10.5 Å². The van der Waals surface area contributed by atoms with E-state index in [-0.39, 0.29) is 23.0 Å². The van der Waals surface area contributed by atoms with Crippen molar-refractivity contribution in [1.29, 1.82) is 0 Å². The third-order valence-corrected chi connectivity index (χ3v) is 2.62. The molecule has 0 aliphatic rings. The lowest BCUT2D eigenvalue weighted by Gasteiger charge is -2.07. The van der Waals surface area contributed by atoms with Gasteiger partial charge >= 0.3 is 6.18 Å². The fourth-order valence-electron chi connectivity index (χ4n) is 1.67. The standard InChI is InChI=1S/C11H7F3N6O/c12-11(13,14)5-1-2-16-6(3-5)21-10-7-8(15)17-4-18-9(7)19-20-10/h1-4H,(H3,15,17,18,19,20). The lowest BCUT2D eigenvalue weighted by atomic mass is 10.2. The molecule has 7 nitrogen and oxygen atoms in total. The third-order valence-electron chi connectivity index (χ3n) is 2.62. The number of halogens is 3. The molecular weight excluding hydrogens is 289 g/mol. The van der Waals surface area contributed by atoms with Crippen molar-refractivity contribution < 1.29 is 17.9 Å². The highest BCUT2D eigenvalue weighted by atomic mass is 19.4. The Morgan fingerprint density at radius 2 is 2.00 bits per heavy atom. The van der Waals surface area contributed by atoms with Crippen LogP contribution in [0.1, 0.15) is 5.56 Å². The number of H-pyrrole nitrogens is 1. The molecule has 3 aromatic heterocycles. The highest BCUT2D eigenvalue weighted by Crippen LogP contribution is 2.33. The van der Waals surface area contributed by atoms with Crippen molar-refractivity contribution in [1.82, 2.24) is 25.1 Å². The number of nitrogen functional groups attached to an aromatic ring is 1. The van der Waals surface area contributed by atoms with Crippen LogP contribution in [0.25, 0.3) is 11.0 Å². The van der Waals surface area contributed by atoms with E-state index < -0.39 is 11.7 Å². The van der Waals surface area contributed by atoms with Crippen LogP contribution < -0.4 is 10.5 Å². The van der Waals surface area contributed by atoms with Crippen LogP contribution in [-0.2, 0) is 6.18 Å². The highest BCUT2D eigenvalue weighted by Gasteiger charge is 2.31. The minimum Gasteiger partial charge on any atom is -0.418 e. The summed E-state index contributed by atoms with van der Waals surface area (Å²) in [6.07, 6.45) is -2.27. The molecule has 10 heteroatoms. The lowest BCUT2D eigenvalue weighted by molar-refractivity contribution is -0.137. The van der Waals surface area contributed by atoms with E-state index in [0.717, 1.165) is 18.3 Å². The number of fused-ring (bicyclic) bond motifs is 1. The van der Waals surface area contributed by atoms with Gasteiger partial charge in [0.2, 0.25) is 5.88 Å². The van der Waals surface area contributed by atoms with E-state index in [4.69, 9.17) is 10.5 Å². The number of aromatic nitrogens is 5. The normalized spacial score (nSPS) is 11.8. The van der Waals surface area contributed by atoms with Crippen molar-refractivity contribution in [2.24, 2.45) is 0 Å². The van der Waals surface area contributed by atoms with Gasteiger partial charge in [0.25, 0.3) is 5.88 Å². The Hall–Kier alpha value is -2.91. The monoisotopic (exact) mass is 296 g/mol. The van der Waals surface area contributed by atoms with E-state index >= 15 is 0 Å². The Kier molecular flexibility index (Phi) is 2.85. The number of hydrogen-bond donors (Lipinski definition) is 2. The Morgan fingerprint density at radius 3 is 2.76 bits per heavy atom. The van der Waals surface area contributed by atoms with Crippen molar-refractivity contribution in [3.8, 4) is 11.8 Å². The maximum Gasteiger partial charge on any atom is 0.416 e. The molecule has 0 aliphatic heterocycles. The van der Waals surface area contributed by atoms with Gasteiger partial charge in [-0.25, -0.2) is 15.0 Å². The van der Waals surface area contributed by atoms with Gasteiger partial charge in [-0.15, -0.1) is 5.10 Å². The van der Waals surface area contributed by atoms with E-state index in [1.54, 1.807) is 0 Å². The molecule has 3 aromatic rings. The number of pyridine rings is 1. The number of anilines is 1. The molecule has 0 spiro atoms. The molecule has 0 atom stereocenters. The maximum atomic E-state index is 12.6. The van der Waals surface area contributed by atoms with Crippen molar-refractivity contribution in [3.05, 3.63) is 30.2 Å². The second kappa shape index (κ2) is 4.58. The summed E-state index contributed by atoms with van der Waals surface area (Å²) in [5.41, 5.74) is 5.09. The Bertz CT molecular complexity index is 800. The second-order valence-corrected chi connectivity index (χ2v) is 3.99. The van der Waals surface area contributed by atoms with Crippen LogP contribution >= 0.6 is 0 Å². The zero-order valence-corrected chi connectivity index (χ0v) is 10.2. The Balaban J connectivity index is 2.00. The first-order valence-corrected chi connectivity index (χ1v) is 5.61. The van der Waals surface area contributed by atoms with Crippen molar-refractivity contribution >= 4 is 16.9 Å². The van der Waals surface area contributed by atoms with E-state index in [2.05, 4.69) is 25.1 Å². The fourth-order valence-corrected chi connectivity index (χ4v) is 1.67. The summed E-state index contributed by atoms with van der Waals surface area (Å²) < 4.78 is 43.1. The summed E-state index contributed by atoms with van der Waals surface area (Å²) >= 11 is 0. The predicted molar refractivity (Wildman–Crippen MR) is 65.4 cm³/mol. The number of nitrogens with two attached hydrogens (primary N) is 1. The zero-order valence-electron chi connectivity index (χ0n) is 10.2. The third kappa shape index (κ3) is 2.42. The van der Waals surface area contributed by atoms with Crippen molar-refractivity contribution in [2.45, 2.75) is 6.18 Å². The second-order valence-electron chi connectivity index (χ2n) is 3.99. The average Bonchev–Trinajstić information content (AvgIpc) is 2.83. The lowest BCUT2D eigenvalue weighted by Crippen LogP contribution is -2.05. The minimum atomic E-state index is -4.49. The van der Waals surface area contributed by atoms with Crippen LogP contribution in [-0.4, -0.2) is 25.1 Å². The van der Waals surface area contributed by atoms with Crippen LogP contribution in [0, 0.1) is 0 Å². The van der Waals surface area contributed by atoms with Crippen LogP contribution in [0.5, 0.6) is 11.8 Å². The molecule has 0 aliphatic carbocycles. The average molecular weight is 296 g/mol. The number of alkyl halides is 3. The Labute approximate surface area is 115 Å². The molecule has 21 heavy (non-hydrogen) atoms. The SMILES string of the molecule is Nc1ncnc2[nH]nc(Oc3cc(C(F)(F)F)ccn3)c12. The predicted octanol–water partition coefficient (Wildman–Crippen LogP) is 2.14. The molecule has 0 saturated heterocycles. The molecule has 0 amide bonds. The van der Waals surface area contributed by atoms with E-state index in [0.29, 0.717) is 5.65 Å². The van der Waals surface area contributed by atoms with Gasteiger partial charge in [0, 0.05) is 12.3 Å². The maximum absolute atomic E-state index is 12.6. The largest absolute Gasteiger partial charge is 0.418 e. The quantitative estimate of drug-likeness (QED) is 0.751. The minimum absolute atomic E-state index is 0.0464. The van der Waals surface area contributed by atoms with Gasteiger partial charge in [0.15, 0.2) is 5.65 Å². The number of nitrogens with one attached hydrogen (secondary N) is 1. The first kappa shape index (κ1) is 13.1. The number of rotatable bonds is 2. The van der Waals surface area contributed by atoms with E-state index in [9.17, 15) is 13.2 Å². The zero-order chi connectivity index (χ0) is 15.0. The molecule has 0 unspecified atom stereocenters. The molecule has 3 N–H and O–H groups in total. The highest BCUT2D eigenvalue weighted by molar-refractivity contribution is 5.90. The topological polar surface area (TPSA) is 103 Å². The summed E-state index contributed by atoms with van der Waals surface area (Å²) in [7, 11) is 0. The molecule has 0 radical (unpaired) electrons. The Morgan fingerprint density at radius 1 is 1.19 bits per heavy atom. The first-order chi connectivity index (χ1) is 9.95. The summed E-state index contributed by atoms with van der Waals surface area (Å²) in [6.45, 7) is 0. The molecule has 0 fully saturated rings. The summed E-state index contributed by atoms with van der Waals surface area (Å²) in [4.78, 5) is 11.3. The molecule has 3 rings (SSSR count). The van der Waals surface area contributed by atoms with Gasteiger partial charge in [-0.1, -0.05) is 0 Å². The van der Waals surface area contributed by atoms with Crippen LogP contribution in [0.2, 0.25) is 0 Å². The summed E-state index contributed by atoms with van der Waals surface area (Å²) in [5.74, 6) is -0.216. The number of aromatic amines is 1. The van der Waals surface area contributed by atoms with Crippen molar-refractivity contribution in [2.75, 3.05) is 5.73 Å². The number of nitrogens with zero attached hydrogens (tertiary/aromatic N) is 4. The summed E-state index contributed by atoms with van der Waals surface area (Å²) in [6, 6.07) is 1.60. The molecule has 3 heterocycles. The van der Waals surface area contributed by atoms with Gasteiger partial charge in [0.05, 0.1) is 5.56 Å². The van der Waals surface area contributed by atoms with Crippen LogP contribution in [0.4, 0.5) is 19.0 Å². The van der Waals surface area contributed by atoms with Gasteiger partial charge in [-0.2, -0.15) is 13.2 Å². The number of ether oxygens (including phenoxy) is 1. The van der Waals surface area contributed by atoms with E-state index in [1.165, 1.54) is 6.33 Å². The molecule has 0 aromatic carbocycles. The van der Waals surface area contributed by atoms with Crippen LogP contribution in [0.3, 0.4) is 0 Å². The first-order valence-electron chi connectivity index (χ1n) is 5.61. The number of hydrogen-bond acceptors (Lipinski definition) is 6. The van der Waals surface area contributed by atoms with Gasteiger partial charge in [0.1, 0.15) is 17.5 Å². The molecular formula is C11H7F3N6O. The molecule has 0 saturated carbocycles. The van der Waals surface area contributed by atoms with Crippen LogP contribution in [0.15, 0.2) is 24.7 Å². The summed E-state index contributed by atoms with van der Waals surface area (Å²) in [5, 5.41) is 6.61. The smallest absolute Gasteiger partial charge is 0.416 e. The molecule has 0 bridgehead atoms. The fraction of sp³-hybridized carbons (Fsp3) is 0.0909. The van der Waals surface area contributed by atoms with Gasteiger partial charge in [-0.3, -0.25) is 5.10 Å².